The third-order valence-corrected chi connectivity index (χ3v) is 9.52. The molecule has 0 N–H and O–H groups in total. The first-order chi connectivity index (χ1) is 15.4. The van der Waals surface area contributed by atoms with Gasteiger partial charge in [-0.25, -0.2) is 13.4 Å². The molecule has 170 valence electrons. The Morgan fingerprint density at radius 2 is 1.69 bits per heavy atom. The Labute approximate surface area is 201 Å². The summed E-state index contributed by atoms with van der Waals surface area (Å²) < 4.78 is 36.9. The fourth-order valence-corrected chi connectivity index (χ4v) is 6.81. The largest absolute Gasteiger partial charge is 0.497 e. The van der Waals surface area contributed by atoms with Crippen molar-refractivity contribution in [3.8, 4) is 22.8 Å². The molecule has 2 aromatic carbocycles. The van der Waals surface area contributed by atoms with Gasteiger partial charge in [-0.1, -0.05) is 28.1 Å². The number of alkyl halides is 1. The molecular weight excluding hydrogens is 512 g/mol. The van der Waals surface area contributed by atoms with Gasteiger partial charge in [-0.3, -0.25) is 0 Å². The molecule has 2 heterocycles. The van der Waals surface area contributed by atoms with Crippen LogP contribution in [0.5, 0.6) is 11.5 Å². The minimum absolute atomic E-state index is 0.365. The molecule has 1 saturated heterocycles. The van der Waals surface area contributed by atoms with E-state index in [0.717, 1.165) is 22.0 Å². The number of anilines is 1. The summed E-state index contributed by atoms with van der Waals surface area (Å²) in [5.74, 6) is 1.42. The van der Waals surface area contributed by atoms with E-state index in [2.05, 4.69) is 20.8 Å². The summed E-state index contributed by atoms with van der Waals surface area (Å²) in [6, 6.07) is 12.8. The van der Waals surface area contributed by atoms with Crippen molar-refractivity contribution in [2.24, 2.45) is 0 Å². The number of halogens is 1. The van der Waals surface area contributed by atoms with Crippen LogP contribution in [0.15, 0.2) is 52.7 Å². The second kappa shape index (κ2) is 9.80. The summed E-state index contributed by atoms with van der Waals surface area (Å²) in [6.07, 6.45) is 1.18. The molecule has 32 heavy (non-hydrogen) atoms. The van der Waals surface area contributed by atoms with Gasteiger partial charge in [0.2, 0.25) is 0 Å². The summed E-state index contributed by atoms with van der Waals surface area (Å²) >= 11 is 4.96. The molecule has 0 spiro atoms. The van der Waals surface area contributed by atoms with Gasteiger partial charge in [0.05, 0.1) is 30.1 Å². The highest BCUT2D eigenvalue weighted by Crippen LogP contribution is 2.34. The van der Waals surface area contributed by atoms with Crippen molar-refractivity contribution < 1.29 is 17.9 Å². The SMILES string of the molecule is COc1cc(OC)cc(-c2csc(N3CCC(S(=O)(=O)c4ccc(CBr)cc4)CC3)n2)c1. The van der Waals surface area contributed by atoms with Crippen LogP contribution in [0, 0.1) is 0 Å². The van der Waals surface area contributed by atoms with Gasteiger partial charge in [-0.15, -0.1) is 11.3 Å². The highest BCUT2D eigenvalue weighted by atomic mass is 79.9. The van der Waals surface area contributed by atoms with Crippen molar-refractivity contribution in [2.75, 3.05) is 32.2 Å². The summed E-state index contributed by atoms with van der Waals surface area (Å²) in [5.41, 5.74) is 2.84. The predicted molar refractivity (Wildman–Crippen MR) is 132 cm³/mol. The van der Waals surface area contributed by atoms with E-state index in [1.165, 1.54) is 0 Å². The van der Waals surface area contributed by atoms with E-state index in [1.54, 1.807) is 37.7 Å². The van der Waals surface area contributed by atoms with Crippen LogP contribution >= 0.6 is 27.3 Å². The van der Waals surface area contributed by atoms with E-state index in [-0.39, 0.29) is 5.25 Å². The molecule has 1 fully saturated rings. The molecule has 3 aromatic rings. The van der Waals surface area contributed by atoms with E-state index in [0.29, 0.717) is 47.7 Å². The first-order valence-electron chi connectivity index (χ1n) is 10.3. The Kier molecular flexibility index (Phi) is 7.07. The third-order valence-electron chi connectivity index (χ3n) is 5.70. The van der Waals surface area contributed by atoms with Crippen LogP contribution < -0.4 is 14.4 Å². The molecule has 9 heteroatoms. The normalized spacial score (nSPS) is 15.0. The van der Waals surface area contributed by atoms with Crippen LogP contribution in [0.25, 0.3) is 11.3 Å². The maximum atomic E-state index is 13.1. The number of benzene rings is 2. The second-order valence-electron chi connectivity index (χ2n) is 7.63. The maximum absolute atomic E-state index is 13.1. The predicted octanol–water partition coefficient (Wildman–Crippen LogP) is 5.16. The quantitative estimate of drug-likeness (QED) is 0.388. The average Bonchev–Trinajstić information content (AvgIpc) is 3.34. The van der Waals surface area contributed by atoms with Crippen LogP contribution in [0.3, 0.4) is 0 Å². The molecule has 6 nitrogen and oxygen atoms in total. The molecule has 0 radical (unpaired) electrons. The molecule has 0 unspecified atom stereocenters. The number of thiazole rings is 1. The zero-order valence-electron chi connectivity index (χ0n) is 18.0. The fraction of sp³-hybridized carbons (Fsp3) is 0.348. The molecule has 1 aliphatic rings. The van der Waals surface area contributed by atoms with Gasteiger partial charge in [-0.2, -0.15) is 0 Å². The van der Waals surface area contributed by atoms with Gasteiger partial charge < -0.3 is 14.4 Å². The minimum Gasteiger partial charge on any atom is -0.497 e. The number of nitrogens with zero attached hydrogens (tertiary/aromatic N) is 2. The van der Waals surface area contributed by atoms with Crippen molar-refractivity contribution in [1.82, 2.24) is 4.98 Å². The Bertz CT molecular complexity index is 1150. The summed E-state index contributed by atoms with van der Waals surface area (Å²) in [4.78, 5) is 7.38. The molecular formula is C23H25BrN2O4S2. The number of ether oxygens (including phenoxy) is 2. The Hall–Kier alpha value is -2.10. The van der Waals surface area contributed by atoms with Gasteiger partial charge in [0.25, 0.3) is 0 Å². The zero-order valence-corrected chi connectivity index (χ0v) is 21.2. The molecule has 0 aliphatic carbocycles. The number of piperidine rings is 1. The van der Waals surface area contributed by atoms with Gasteiger partial charge in [0.1, 0.15) is 11.5 Å². The lowest BCUT2D eigenvalue weighted by Crippen LogP contribution is -2.39. The van der Waals surface area contributed by atoms with Crippen molar-refractivity contribution in [3.05, 3.63) is 53.4 Å². The van der Waals surface area contributed by atoms with E-state index < -0.39 is 9.84 Å². The second-order valence-corrected chi connectivity index (χ2v) is 11.3. The van der Waals surface area contributed by atoms with Crippen molar-refractivity contribution in [2.45, 2.75) is 28.3 Å². The number of rotatable bonds is 7. The Morgan fingerprint density at radius 3 is 2.25 bits per heavy atom. The Balaban J connectivity index is 1.45. The lowest BCUT2D eigenvalue weighted by atomic mass is 10.1. The first kappa shape index (κ1) is 23.1. The lowest BCUT2D eigenvalue weighted by molar-refractivity contribution is 0.394. The van der Waals surface area contributed by atoms with Crippen LogP contribution in [0.2, 0.25) is 0 Å². The van der Waals surface area contributed by atoms with E-state index in [9.17, 15) is 8.42 Å². The summed E-state index contributed by atoms with van der Waals surface area (Å²) in [5, 5.41) is 3.26. The fourth-order valence-electron chi connectivity index (χ4n) is 3.82. The van der Waals surface area contributed by atoms with Crippen LogP contribution in [0.4, 0.5) is 5.13 Å². The average molecular weight is 538 g/mol. The van der Waals surface area contributed by atoms with Crippen LogP contribution in [0.1, 0.15) is 18.4 Å². The molecule has 1 aliphatic heterocycles. The molecule has 0 atom stereocenters. The zero-order chi connectivity index (χ0) is 22.7. The van der Waals surface area contributed by atoms with Crippen molar-refractivity contribution >= 4 is 42.2 Å². The van der Waals surface area contributed by atoms with E-state index in [1.807, 2.05) is 35.7 Å². The Morgan fingerprint density at radius 1 is 1.06 bits per heavy atom. The molecule has 4 rings (SSSR count). The molecule has 0 saturated carbocycles. The number of hydrogen-bond donors (Lipinski definition) is 0. The van der Waals surface area contributed by atoms with Crippen LogP contribution in [-0.2, 0) is 15.2 Å². The summed E-state index contributed by atoms with van der Waals surface area (Å²) in [7, 11) is -0.0840. The van der Waals surface area contributed by atoms with Gasteiger partial charge in [0.15, 0.2) is 15.0 Å². The lowest BCUT2D eigenvalue weighted by Gasteiger charge is -2.31. The highest BCUT2D eigenvalue weighted by Gasteiger charge is 2.32. The van der Waals surface area contributed by atoms with Gasteiger partial charge in [-0.05, 0) is 42.7 Å². The highest BCUT2D eigenvalue weighted by molar-refractivity contribution is 9.08. The van der Waals surface area contributed by atoms with Gasteiger partial charge >= 0.3 is 0 Å². The van der Waals surface area contributed by atoms with E-state index >= 15 is 0 Å². The van der Waals surface area contributed by atoms with Crippen LogP contribution in [-0.4, -0.2) is 46.0 Å². The standard InChI is InChI=1S/C23H25BrN2O4S2/c1-29-18-11-17(12-19(13-18)30-2)22-15-31-23(25-22)26-9-7-21(8-10-26)32(27,28)20-5-3-16(14-24)4-6-20/h3-6,11-13,15,21H,7-10,14H2,1-2H3. The third kappa shape index (κ3) is 4.79. The summed E-state index contributed by atoms with van der Waals surface area (Å²) in [6.45, 7) is 1.33. The van der Waals surface area contributed by atoms with Crippen molar-refractivity contribution in [3.63, 3.8) is 0 Å². The van der Waals surface area contributed by atoms with E-state index in [4.69, 9.17) is 14.5 Å². The topological polar surface area (TPSA) is 68.7 Å². The number of sulfone groups is 1. The smallest absolute Gasteiger partial charge is 0.185 e. The molecule has 1 aromatic heterocycles. The van der Waals surface area contributed by atoms with Gasteiger partial charge in [0, 0.05) is 35.4 Å². The monoisotopic (exact) mass is 536 g/mol. The van der Waals surface area contributed by atoms with Crippen molar-refractivity contribution in [1.29, 1.82) is 0 Å². The minimum atomic E-state index is -3.33. The maximum Gasteiger partial charge on any atom is 0.185 e. The number of aromatic nitrogens is 1. The molecule has 0 bridgehead atoms. The number of methoxy groups -OCH3 is 2. The number of hydrogen-bond acceptors (Lipinski definition) is 7. The molecule has 0 amide bonds. The first-order valence-corrected chi connectivity index (χ1v) is 13.8.